The molecule has 2 rings (SSSR count). The first-order chi connectivity index (χ1) is 11.2. The lowest BCUT2D eigenvalue weighted by atomic mass is 10.3. The second-order valence-corrected chi connectivity index (χ2v) is 5.20. The third kappa shape index (κ3) is 4.54. The van der Waals surface area contributed by atoms with Gasteiger partial charge in [-0.25, -0.2) is 14.8 Å². The molecule has 1 fully saturated rings. The van der Waals surface area contributed by atoms with Crippen LogP contribution in [-0.4, -0.2) is 66.2 Å². The van der Waals surface area contributed by atoms with Gasteiger partial charge in [-0.1, -0.05) is 6.92 Å². The highest BCUT2D eigenvalue weighted by atomic mass is 16.6. The Morgan fingerprint density at radius 2 is 1.83 bits per heavy atom. The van der Waals surface area contributed by atoms with E-state index in [1.165, 1.54) is 12.4 Å². The zero-order valence-corrected chi connectivity index (χ0v) is 13.6. The molecular formula is C15H23N5O3. The second kappa shape index (κ2) is 8.30. The number of carbonyl (C=O) groups is 2. The maximum atomic E-state index is 11.8. The molecule has 0 spiro atoms. The van der Waals surface area contributed by atoms with Crippen LogP contribution in [0.15, 0.2) is 12.4 Å². The van der Waals surface area contributed by atoms with Crippen LogP contribution in [0.5, 0.6) is 0 Å². The normalized spacial score (nSPS) is 14.5. The van der Waals surface area contributed by atoms with E-state index in [1.807, 2.05) is 11.8 Å². The van der Waals surface area contributed by atoms with Crippen molar-refractivity contribution in [1.82, 2.24) is 20.2 Å². The molecule has 1 saturated heterocycles. The summed E-state index contributed by atoms with van der Waals surface area (Å²) in [5, 5.41) is 2.79. The molecule has 1 aliphatic heterocycles. The SMILES string of the molecule is CCCNC(=O)c1cnc(N2CCN(C(=O)OCC)CC2)nc1. The van der Waals surface area contributed by atoms with Crippen LogP contribution in [0.1, 0.15) is 30.6 Å². The zero-order chi connectivity index (χ0) is 16.7. The minimum absolute atomic E-state index is 0.162. The van der Waals surface area contributed by atoms with Crippen LogP contribution >= 0.6 is 0 Å². The summed E-state index contributed by atoms with van der Waals surface area (Å²) in [6.07, 6.45) is 3.67. The van der Waals surface area contributed by atoms with Gasteiger partial charge in [0, 0.05) is 45.1 Å². The molecule has 0 unspecified atom stereocenters. The van der Waals surface area contributed by atoms with E-state index in [4.69, 9.17) is 4.74 Å². The van der Waals surface area contributed by atoms with Crippen LogP contribution < -0.4 is 10.2 Å². The summed E-state index contributed by atoms with van der Waals surface area (Å²) in [6, 6.07) is 0. The largest absolute Gasteiger partial charge is 0.450 e. The van der Waals surface area contributed by atoms with Crippen molar-refractivity contribution in [2.75, 3.05) is 44.2 Å². The number of hydrogen-bond acceptors (Lipinski definition) is 6. The molecule has 1 aliphatic rings. The first-order valence-electron chi connectivity index (χ1n) is 7.92. The van der Waals surface area contributed by atoms with Gasteiger partial charge in [0.1, 0.15) is 0 Å². The van der Waals surface area contributed by atoms with Gasteiger partial charge in [0.05, 0.1) is 12.2 Å². The summed E-state index contributed by atoms with van der Waals surface area (Å²) in [6.45, 7) is 7.22. The van der Waals surface area contributed by atoms with Crippen molar-refractivity contribution in [2.24, 2.45) is 0 Å². The van der Waals surface area contributed by atoms with E-state index in [0.717, 1.165) is 6.42 Å². The van der Waals surface area contributed by atoms with Crippen LogP contribution in [0.2, 0.25) is 0 Å². The Morgan fingerprint density at radius 1 is 1.17 bits per heavy atom. The summed E-state index contributed by atoms with van der Waals surface area (Å²) in [5.41, 5.74) is 0.451. The number of amides is 2. The lowest BCUT2D eigenvalue weighted by Crippen LogP contribution is -2.49. The van der Waals surface area contributed by atoms with E-state index in [1.54, 1.807) is 11.8 Å². The zero-order valence-electron chi connectivity index (χ0n) is 13.6. The Morgan fingerprint density at radius 3 is 2.39 bits per heavy atom. The van der Waals surface area contributed by atoms with Gasteiger partial charge < -0.3 is 19.9 Å². The highest BCUT2D eigenvalue weighted by Gasteiger charge is 2.23. The molecule has 0 saturated carbocycles. The third-order valence-corrected chi connectivity index (χ3v) is 3.52. The van der Waals surface area contributed by atoms with Gasteiger partial charge >= 0.3 is 6.09 Å². The summed E-state index contributed by atoms with van der Waals surface area (Å²) in [5.74, 6) is 0.408. The topological polar surface area (TPSA) is 87.7 Å². The highest BCUT2D eigenvalue weighted by Crippen LogP contribution is 2.11. The molecule has 0 aliphatic carbocycles. The predicted molar refractivity (Wildman–Crippen MR) is 85.5 cm³/mol. The quantitative estimate of drug-likeness (QED) is 0.867. The molecular weight excluding hydrogens is 298 g/mol. The van der Waals surface area contributed by atoms with E-state index in [0.29, 0.717) is 50.8 Å². The first kappa shape index (κ1) is 17.0. The number of anilines is 1. The molecule has 1 aromatic heterocycles. The number of piperazine rings is 1. The van der Waals surface area contributed by atoms with Crippen molar-refractivity contribution in [3.05, 3.63) is 18.0 Å². The fraction of sp³-hybridized carbons (Fsp3) is 0.600. The molecule has 2 heterocycles. The Kier molecular flexibility index (Phi) is 6.13. The molecule has 8 heteroatoms. The number of rotatable bonds is 5. The molecule has 0 atom stereocenters. The van der Waals surface area contributed by atoms with Crippen molar-refractivity contribution in [1.29, 1.82) is 0 Å². The number of nitrogens with one attached hydrogen (secondary N) is 1. The van der Waals surface area contributed by atoms with Gasteiger partial charge in [-0.05, 0) is 13.3 Å². The lowest BCUT2D eigenvalue weighted by molar-refractivity contribution is 0.0952. The maximum Gasteiger partial charge on any atom is 0.409 e. The lowest BCUT2D eigenvalue weighted by Gasteiger charge is -2.33. The average Bonchev–Trinajstić information content (AvgIpc) is 2.60. The monoisotopic (exact) mass is 321 g/mol. The molecule has 126 valence electrons. The van der Waals surface area contributed by atoms with Gasteiger partial charge in [-0.3, -0.25) is 4.79 Å². The molecule has 0 aromatic carbocycles. The van der Waals surface area contributed by atoms with Gasteiger partial charge in [-0.2, -0.15) is 0 Å². The predicted octanol–water partition coefficient (Wildman–Crippen LogP) is 0.895. The van der Waals surface area contributed by atoms with Gasteiger partial charge in [-0.15, -0.1) is 0 Å². The average molecular weight is 321 g/mol. The Balaban J connectivity index is 1.89. The fourth-order valence-corrected chi connectivity index (χ4v) is 2.25. The van der Waals surface area contributed by atoms with Crippen LogP contribution in [0.4, 0.5) is 10.7 Å². The Bertz CT molecular complexity index is 526. The van der Waals surface area contributed by atoms with E-state index in [-0.39, 0.29) is 12.0 Å². The standard InChI is InChI=1S/C15H23N5O3/c1-3-5-16-13(21)12-10-17-14(18-11-12)19-6-8-20(9-7-19)15(22)23-4-2/h10-11H,3-9H2,1-2H3,(H,16,21). The fourth-order valence-electron chi connectivity index (χ4n) is 2.25. The summed E-state index contributed by atoms with van der Waals surface area (Å²) < 4.78 is 4.99. The molecule has 0 bridgehead atoms. The van der Waals surface area contributed by atoms with E-state index in [2.05, 4.69) is 15.3 Å². The van der Waals surface area contributed by atoms with E-state index < -0.39 is 0 Å². The molecule has 1 N–H and O–H groups in total. The molecule has 2 amide bonds. The van der Waals surface area contributed by atoms with Gasteiger partial charge in [0.2, 0.25) is 5.95 Å². The van der Waals surface area contributed by atoms with Crippen LogP contribution in [0.3, 0.4) is 0 Å². The second-order valence-electron chi connectivity index (χ2n) is 5.20. The highest BCUT2D eigenvalue weighted by molar-refractivity contribution is 5.93. The van der Waals surface area contributed by atoms with Crippen molar-refractivity contribution in [2.45, 2.75) is 20.3 Å². The molecule has 1 aromatic rings. The van der Waals surface area contributed by atoms with Crippen LogP contribution in [-0.2, 0) is 4.74 Å². The smallest absolute Gasteiger partial charge is 0.409 e. The minimum atomic E-state index is -0.281. The molecule has 0 radical (unpaired) electrons. The summed E-state index contributed by atoms with van der Waals surface area (Å²) >= 11 is 0. The molecule has 8 nitrogen and oxygen atoms in total. The van der Waals surface area contributed by atoms with Crippen molar-refractivity contribution in [3.63, 3.8) is 0 Å². The van der Waals surface area contributed by atoms with Crippen molar-refractivity contribution < 1.29 is 14.3 Å². The van der Waals surface area contributed by atoms with Gasteiger partial charge in [0.25, 0.3) is 5.91 Å². The van der Waals surface area contributed by atoms with E-state index in [9.17, 15) is 9.59 Å². The molecule has 23 heavy (non-hydrogen) atoms. The minimum Gasteiger partial charge on any atom is -0.450 e. The number of aromatic nitrogens is 2. The Hall–Kier alpha value is -2.38. The third-order valence-electron chi connectivity index (χ3n) is 3.52. The van der Waals surface area contributed by atoms with Crippen molar-refractivity contribution in [3.8, 4) is 0 Å². The summed E-state index contributed by atoms with van der Waals surface area (Å²) in [4.78, 5) is 35.6. The number of ether oxygens (including phenoxy) is 1. The first-order valence-corrected chi connectivity index (χ1v) is 7.92. The van der Waals surface area contributed by atoms with Crippen LogP contribution in [0, 0.1) is 0 Å². The summed E-state index contributed by atoms with van der Waals surface area (Å²) in [7, 11) is 0. The maximum absolute atomic E-state index is 11.8. The number of hydrogen-bond donors (Lipinski definition) is 1. The van der Waals surface area contributed by atoms with Crippen molar-refractivity contribution >= 4 is 17.9 Å². The van der Waals surface area contributed by atoms with Gasteiger partial charge in [0.15, 0.2) is 0 Å². The van der Waals surface area contributed by atoms with E-state index >= 15 is 0 Å². The number of carbonyl (C=O) groups excluding carboxylic acids is 2. The van der Waals surface area contributed by atoms with Crippen LogP contribution in [0.25, 0.3) is 0 Å². The number of nitrogens with zero attached hydrogens (tertiary/aromatic N) is 4. The Labute approximate surface area is 135 Å².